The third-order valence-electron chi connectivity index (χ3n) is 2.93. The fourth-order valence-electron chi connectivity index (χ4n) is 2.10. The quantitative estimate of drug-likeness (QED) is 0.585. The summed E-state index contributed by atoms with van der Waals surface area (Å²) in [5, 5.41) is 11.1. The molecule has 1 amide bonds. The Kier molecular flexibility index (Phi) is 5.48. The van der Waals surface area contributed by atoms with Gasteiger partial charge in [-0.05, 0) is 25.8 Å². The van der Waals surface area contributed by atoms with Crippen LogP contribution in [0.5, 0.6) is 0 Å². The zero-order valence-corrected chi connectivity index (χ0v) is 11.7. The third-order valence-corrected chi connectivity index (χ3v) is 2.93. The van der Waals surface area contributed by atoms with Crippen LogP contribution in [0.3, 0.4) is 0 Å². The number of nitro benzene ring substituents is 1. The minimum Gasteiger partial charge on any atom is -0.338 e. The first-order valence-electron chi connectivity index (χ1n) is 6.56. The van der Waals surface area contributed by atoms with E-state index >= 15 is 0 Å². The second kappa shape index (κ2) is 6.87. The Bertz CT molecular complexity index is 466. The molecule has 5 nitrogen and oxygen atoms in total. The van der Waals surface area contributed by atoms with E-state index in [9.17, 15) is 14.9 Å². The first-order valence-corrected chi connectivity index (χ1v) is 6.56. The van der Waals surface area contributed by atoms with Gasteiger partial charge in [-0.2, -0.15) is 0 Å². The number of aryl methyl sites for hydroxylation is 1. The van der Waals surface area contributed by atoms with Gasteiger partial charge in [-0.1, -0.05) is 26.0 Å². The van der Waals surface area contributed by atoms with Crippen LogP contribution in [0, 0.1) is 17.0 Å². The van der Waals surface area contributed by atoms with E-state index in [1.54, 1.807) is 24.0 Å². The van der Waals surface area contributed by atoms with E-state index < -0.39 is 4.92 Å². The normalized spacial score (nSPS) is 10.3. The van der Waals surface area contributed by atoms with Crippen molar-refractivity contribution in [2.24, 2.45) is 0 Å². The van der Waals surface area contributed by atoms with Crippen LogP contribution in [0.2, 0.25) is 0 Å². The maximum Gasteiger partial charge on any atom is 0.285 e. The molecule has 0 aliphatic heterocycles. The molecule has 0 aliphatic rings. The minimum atomic E-state index is -0.474. The van der Waals surface area contributed by atoms with Gasteiger partial charge in [0.1, 0.15) is 5.56 Å². The standard InChI is InChI=1S/C14H20N2O3/c1-4-9-15(10-5-2)14(17)12-8-6-7-11(3)13(12)16(18)19/h6-8H,4-5,9-10H2,1-3H3. The molecular formula is C14H20N2O3. The Morgan fingerprint density at radius 1 is 1.26 bits per heavy atom. The Hall–Kier alpha value is -1.91. The molecule has 0 atom stereocenters. The van der Waals surface area contributed by atoms with Gasteiger partial charge in [0.2, 0.25) is 0 Å². The molecule has 0 spiro atoms. The molecule has 5 heteroatoms. The number of nitrogens with zero attached hydrogens (tertiary/aromatic N) is 2. The predicted molar refractivity (Wildman–Crippen MR) is 74.3 cm³/mol. The van der Waals surface area contributed by atoms with Crippen molar-refractivity contribution in [2.45, 2.75) is 33.6 Å². The van der Waals surface area contributed by atoms with Crippen LogP contribution in [0.4, 0.5) is 5.69 Å². The van der Waals surface area contributed by atoms with Gasteiger partial charge in [-0.25, -0.2) is 0 Å². The van der Waals surface area contributed by atoms with Crippen molar-refractivity contribution in [3.05, 3.63) is 39.4 Å². The lowest BCUT2D eigenvalue weighted by atomic mass is 10.1. The van der Waals surface area contributed by atoms with Crippen LogP contribution in [-0.4, -0.2) is 28.8 Å². The van der Waals surface area contributed by atoms with Gasteiger partial charge in [0.05, 0.1) is 4.92 Å². The van der Waals surface area contributed by atoms with E-state index in [0.717, 1.165) is 12.8 Å². The van der Waals surface area contributed by atoms with Crippen molar-refractivity contribution >= 4 is 11.6 Å². The van der Waals surface area contributed by atoms with Crippen LogP contribution >= 0.6 is 0 Å². The van der Waals surface area contributed by atoms with E-state index in [4.69, 9.17) is 0 Å². The van der Waals surface area contributed by atoms with Crippen molar-refractivity contribution in [3.8, 4) is 0 Å². The summed E-state index contributed by atoms with van der Waals surface area (Å²) in [6, 6.07) is 4.87. The maximum atomic E-state index is 12.4. The van der Waals surface area contributed by atoms with Crippen LogP contribution in [0.25, 0.3) is 0 Å². The highest BCUT2D eigenvalue weighted by Gasteiger charge is 2.25. The number of carbonyl (C=O) groups is 1. The molecule has 0 aliphatic carbocycles. The Morgan fingerprint density at radius 2 is 1.84 bits per heavy atom. The Balaban J connectivity index is 3.17. The lowest BCUT2D eigenvalue weighted by Gasteiger charge is -2.21. The molecule has 19 heavy (non-hydrogen) atoms. The molecule has 104 valence electrons. The van der Waals surface area contributed by atoms with Gasteiger partial charge in [0, 0.05) is 18.7 Å². The zero-order valence-electron chi connectivity index (χ0n) is 11.7. The largest absolute Gasteiger partial charge is 0.338 e. The second-order valence-electron chi connectivity index (χ2n) is 4.52. The highest BCUT2D eigenvalue weighted by atomic mass is 16.6. The summed E-state index contributed by atoms with van der Waals surface area (Å²) in [4.78, 5) is 24.8. The summed E-state index contributed by atoms with van der Waals surface area (Å²) in [5.41, 5.74) is 0.625. The molecule has 0 aromatic heterocycles. The summed E-state index contributed by atoms with van der Waals surface area (Å²) in [6.45, 7) is 6.87. The smallest absolute Gasteiger partial charge is 0.285 e. The fraction of sp³-hybridized carbons (Fsp3) is 0.500. The zero-order chi connectivity index (χ0) is 14.4. The van der Waals surface area contributed by atoms with E-state index in [1.807, 2.05) is 13.8 Å². The molecule has 0 bridgehead atoms. The molecule has 1 aromatic rings. The van der Waals surface area contributed by atoms with Gasteiger partial charge >= 0.3 is 0 Å². The summed E-state index contributed by atoms with van der Waals surface area (Å²) in [7, 11) is 0. The topological polar surface area (TPSA) is 63.5 Å². The van der Waals surface area contributed by atoms with E-state index in [-0.39, 0.29) is 17.2 Å². The third kappa shape index (κ3) is 3.53. The number of nitro groups is 1. The van der Waals surface area contributed by atoms with Crippen molar-refractivity contribution in [3.63, 3.8) is 0 Å². The molecule has 0 N–H and O–H groups in total. The predicted octanol–water partition coefficient (Wildman–Crippen LogP) is 3.17. The molecule has 0 radical (unpaired) electrons. The number of hydrogen-bond donors (Lipinski definition) is 0. The summed E-state index contributed by atoms with van der Waals surface area (Å²) in [5.74, 6) is -0.251. The number of amides is 1. The van der Waals surface area contributed by atoms with Gasteiger partial charge in [-0.15, -0.1) is 0 Å². The molecule has 0 heterocycles. The van der Waals surface area contributed by atoms with Crippen molar-refractivity contribution in [2.75, 3.05) is 13.1 Å². The van der Waals surface area contributed by atoms with Gasteiger partial charge in [-0.3, -0.25) is 14.9 Å². The Labute approximate surface area is 113 Å². The molecule has 0 unspecified atom stereocenters. The van der Waals surface area contributed by atoms with E-state index in [0.29, 0.717) is 18.7 Å². The maximum absolute atomic E-state index is 12.4. The van der Waals surface area contributed by atoms with E-state index in [2.05, 4.69) is 0 Å². The van der Waals surface area contributed by atoms with E-state index in [1.165, 1.54) is 6.07 Å². The van der Waals surface area contributed by atoms with Gasteiger partial charge in [0.25, 0.3) is 11.6 Å². The molecule has 0 fully saturated rings. The SMILES string of the molecule is CCCN(CCC)C(=O)c1cccc(C)c1[N+](=O)[O-]. The number of para-hydroxylation sites is 1. The molecular weight excluding hydrogens is 244 g/mol. The lowest BCUT2D eigenvalue weighted by molar-refractivity contribution is -0.385. The van der Waals surface area contributed by atoms with Crippen molar-refractivity contribution in [1.82, 2.24) is 4.90 Å². The Morgan fingerprint density at radius 3 is 2.32 bits per heavy atom. The number of rotatable bonds is 6. The monoisotopic (exact) mass is 264 g/mol. The van der Waals surface area contributed by atoms with Crippen molar-refractivity contribution < 1.29 is 9.72 Å². The summed E-state index contributed by atoms with van der Waals surface area (Å²) < 4.78 is 0. The molecule has 1 aromatic carbocycles. The number of benzene rings is 1. The van der Waals surface area contributed by atoms with Crippen LogP contribution in [0.15, 0.2) is 18.2 Å². The molecule has 0 saturated carbocycles. The van der Waals surface area contributed by atoms with Crippen LogP contribution in [0.1, 0.15) is 42.6 Å². The fourth-order valence-corrected chi connectivity index (χ4v) is 2.10. The number of hydrogen-bond acceptors (Lipinski definition) is 3. The average molecular weight is 264 g/mol. The summed E-state index contributed by atoms with van der Waals surface area (Å²) >= 11 is 0. The van der Waals surface area contributed by atoms with Gasteiger partial charge in [0.15, 0.2) is 0 Å². The second-order valence-corrected chi connectivity index (χ2v) is 4.52. The average Bonchev–Trinajstić information content (AvgIpc) is 2.37. The van der Waals surface area contributed by atoms with Crippen LogP contribution < -0.4 is 0 Å². The number of carbonyl (C=O) groups excluding carboxylic acids is 1. The molecule has 0 saturated heterocycles. The summed E-state index contributed by atoms with van der Waals surface area (Å²) in [6.07, 6.45) is 1.68. The first-order chi connectivity index (χ1) is 9.02. The van der Waals surface area contributed by atoms with Crippen molar-refractivity contribution in [1.29, 1.82) is 0 Å². The minimum absolute atomic E-state index is 0.0790. The van der Waals surface area contributed by atoms with Crippen LogP contribution in [-0.2, 0) is 0 Å². The highest BCUT2D eigenvalue weighted by Crippen LogP contribution is 2.24. The lowest BCUT2D eigenvalue weighted by Crippen LogP contribution is -2.33. The molecule has 1 rings (SSSR count). The first kappa shape index (κ1) is 15.1. The van der Waals surface area contributed by atoms with Gasteiger partial charge < -0.3 is 4.90 Å². The highest BCUT2D eigenvalue weighted by molar-refractivity contribution is 5.98.